The van der Waals surface area contributed by atoms with E-state index in [1.54, 1.807) is 17.5 Å². The largest absolute Gasteiger partial charge is 0.340 e. The van der Waals surface area contributed by atoms with Crippen LogP contribution in [0.3, 0.4) is 0 Å². The summed E-state index contributed by atoms with van der Waals surface area (Å²) < 4.78 is 0. The molecular formula is C11H19N3OS. The summed E-state index contributed by atoms with van der Waals surface area (Å²) in [5.41, 5.74) is 8.33. The molecule has 4 nitrogen and oxygen atoms in total. The van der Waals surface area contributed by atoms with Gasteiger partial charge in [-0.15, -0.1) is 11.3 Å². The normalized spacial score (nSPS) is 12.8. The molecule has 5 heteroatoms. The van der Waals surface area contributed by atoms with E-state index < -0.39 is 0 Å². The van der Waals surface area contributed by atoms with Gasteiger partial charge in [0.15, 0.2) is 0 Å². The molecule has 1 unspecified atom stereocenters. The van der Waals surface area contributed by atoms with Gasteiger partial charge in [0.2, 0.25) is 5.91 Å². The standard InChI is InChI=1S/C11H19N3OS/c1-8(2)10(4-12)11(15)14(3)5-9-6-16-7-13-9/h6-8,10H,4-5,12H2,1-3H3. The van der Waals surface area contributed by atoms with Crippen molar-refractivity contribution >= 4 is 17.2 Å². The molecule has 0 saturated heterocycles. The molecule has 0 saturated carbocycles. The van der Waals surface area contributed by atoms with Gasteiger partial charge in [-0.3, -0.25) is 4.79 Å². The molecule has 90 valence electrons. The van der Waals surface area contributed by atoms with E-state index in [2.05, 4.69) is 4.98 Å². The summed E-state index contributed by atoms with van der Waals surface area (Å²) in [6, 6.07) is 0. The van der Waals surface area contributed by atoms with Gasteiger partial charge in [-0.25, -0.2) is 4.98 Å². The Morgan fingerprint density at radius 1 is 1.62 bits per heavy atom. The van der Waals surface area contributed by atoms with Gasteiger partial charge in [-0.05, 0) is 5.92 Å². The Balaban J connectivity index is 2.59. The minimum absolute atomic E-state index is 0.0939. The minimum atomic E-state index is -0.0939. The van der Waals surface area contributed by atoms with E-state index in [0.717, 1.165) is 5.69 Å². The summed E-state index contributed by atoms with van der Waals surface area (Å²) >= 11 is 1.54. The van der Waals surface area contributed by atoms with Gasteiger partial charge in [0.1, 0.15) is 0 Å². The number of amides is 1. The highest BCUT2D eigenvalue weighted by atomic mass is 32.1. The van der Waals surface area contributed by atoms with Crippen LogP contribution in [0.4, 0.5) is 0 Å². The highest BCUT2D eigenvalue weighted by Gasteiger charge is 2.23. The maximum absolute atomic E-state index is 12.1. The fourth-order valence-electron chi connectivity index (χ4n) is 1.58. The zero-order valence-corrected chi connectivity index (χ0v) is 10.8. The third-order valence-corrected chi connectivity index (χ3v) is 3.27. The van der Waals surface area contributed by atoms with Crippen molar-refractivity contribution in [3.05, 3.63) is 16.6 Å². The van der Waals surface area contributed by atoms with Gasteiger partial charge < -0.3 is 10.6 Å². The Morgan fingerprint density at radius 3 is 2.75 bits per heavy atom. The van der Waals surface area contributed by atoms with E-state index in [1.807, 2.05) is 19.2 Å². The van der Waals surface area contributed by atoms with E-state index in [0.29, 0.717) is 13.1 Å². The molecule has 1 aromatic heterocycles. The first kappa shape index (κ1) is 13.1. The second-order valence-electron chi connectivity index (χ2n) is 4.26. The molecule has 0 aliphatic rings. The number of nitrogens with zero attached hydrogens (tertiary/aromatic N) is 2. The van der Waals surface area contributed by atoms with Crippen LogP contribution in [0.5, 0.6) is 0 Å². The lowest BCUT2D eigenvalue weighted by atomic mass is 9.94. The van der Waals surface area contributed by atoms with Crippen molar-refractivity contribution in [2.45, 2.75) is 20.4 Å². The van der Waals surface area contributed by atoms with Crippen LogP contribution < -0.4 is 5.73 Å². The monoisotopic (exact) mass is 241 g/mol. The molecular weight excluding hydrogens is 222 g/mol. The summed E-state index contributed by atoms with van der Waals surface area (Å²) in [6.45, 7) is 5.00. The van der Waals surface area contributed by atoms with Gasteiger partial charge in [0, 0.05) is 19.0 Å². The molecule has 16 heavy (non-hydrogen) atoms. The van der Waals surface area contributed by atoms with E-state index in [4.69, 9.17) is 5.73 Å². The van der Waals surface area contributed by atoms with Crippen LogP contribution in [-0.2, 0) is 11.3 Å². The maximum atomic E-state index is 12.1. The van der Waals surface area contributed by atoms with Crippen LogP contribution in [0.1, 0.15) is 19.5 Å². The highest BCUT2D eigenvalue weighted by molar-refractivity contribution is 7.07. The Hall–Kier alpha value is -0.940. The fraction of sp³-hybridized carbons (Fsp3) is 0.636. The van der Waals surface area contributed by atoms with Crippen molar-refractivity contribution in [2.24, 2.45) is 17.6 Å². The van der Waals surface area contributed by atoms with Crippen molar-refractivity contribution < 1.29 is 4.79 Å². The molecule has 1 aromatic rings. The van der Waals surface area contributed by atoms with Gasteiger partial charge in [0.25, 0.3) is 0 Å². The number of rotatable bonds is 5. The number of hydrogen-bond acceptors (Lipinski definition) is 4. The zero-order valence-electron chi connectivity index (χ0n) is 10.0. The Bertz CT molecular complexity index is 324. The molecule has 0 aliphatic heterocycles. The van der Waals surface area contributed by atoms with E-state index >= 15 is 0 Å². The second-order valence-corrected chi connectivity index (χ2v) is 4.98. The predicted molar refractivity (Wildman–Crippen MR) is 66.0 cm³/mol. The Morgan fingerprint density at radius 2 is 2.31 bits per heavy atom. The van der Waals surface area contributed by atoms with Crippen LogP contribution >= 0.6 is 11.3 Å². The molecule has 2 N–H and O–H groups in total. The molecule has 0 radical (unpaired) electrons. The summed E-state index contributed by atoms with van der Waals surface area (Å²) in [4.78, 5) is 17.9. The van der Waals surface area contributed by atoms with Crippen LogP contribution in [0.25, 0.3) is 0 Å². The van der Waals surface area contributed by atoms with E-state index in [1.165, 1.54) is 11.3 Å². The van der Waals surface area contributed by atoms with Crippen LogP contribution in [0.2, 0.25) is 0 Å². The molecule has 1 rings (SSSR count). The van der Waals surface area contributed by atoms with Crippen molar-refractivity contribution in [3.8, 4) is 0 Å². The second kappa shape index (κ2) is 5.96. The van der Waals surface area contributed by atoms with Crippen molar-refractivity contribution in [1.82, 2.24) is 9.88 Å². The molecule has 0 aliphatic carbocycles. The number of carbonyl (C=O) groups is 1. The first-order valence-electron chi connectivity index (χ1n) is 5.38. The average molecular weight is 241 g/mol. The Labute approximate surface area is 100 Å². The lowest BCUT2D eigenvalue weighted by Crippen LogP contribution is -2.38. The van der Waals surface area contributed by atoms with Gasteiger partial charge in [-0.2, -0.15) is 0 Å². The van der Waals surface area contributed by atoms with Gasteiger partial charge in [0.05, 0.1) is 23.7 Å². The van der Waals surface area contributed by atoms with E-state index in [-0.39, 0.29) is 17.7 Å². The fourth-order valence-corrected chi connectivity index (χ4v) is 2.13. The molecule has 0 fully saturated rings. The average Bonchev–Trinajstić information content (AvgIpc) is 2.70. The number of carbonyl (C=O) groups excluding carboxylic acids is 1. The molecule has 0 aromatic carbocycles. The molecule has 0 bridgehead atoms. The third-order valence-electron chi connectivity index (χ3n) is 2.63. The van der Waals surface area contributed by atoms with Crippen LogP contribution in [0.15, 0.2) is 10.9 Å². The number of thiazole rings is 1. The summed E-state index contributed by atoms with van der Waals surface area (Å²) in [6.07, 6.45) is 0. The first-order valence-corrected chi connectivity index (χ1v) is 6.32. The summed E-state index contributed by atoms with van der Waals surface area (Å²) in [5, 5.41) is 1.95. The molecule has 1 heterocycles. The minimum Gasteiger partial charge on any atom is -0.340 e. The maximum Gasteiger partial charge on any atom is 0.227 e. The van der Waals surface area contributed by atoms with Crippen molar-refractivity contribution in [1.29, 1.82) is 0 Å². The van der Waals surface area contributed by atoms with E-state index in [9.17, 15) is 4.79 Å². The lowest BCUT2D eigenvalue weighted by molar-refractivity contribution is -0.135. The predicted octanol–water partition coefficient (Wildman–Crippen LogP) is 1.33. The highest BCUT2D eigenvalue weighted by Crippen LogP contribution is 2.14. The number of nitrogens with two attached hydrogens (primary N) is 1. The van der Waals surface area contributed by atoms with Gasteiger partial charge in [-0.1, -0.05) is 13.8 Å². The number of hydrogen-bond donors (Lipinski definition) is 1. The first-order chi connectivity index (χ1) is 7.56. The summed E-state index contributed by atoms with van der Waals surface area (Å²) in [7, 11) is 1.80. The third kappa shape index (κ3) is 3.28. The quantitative estimate of drug-likeness (QED) is 0.846. The SMILES string of the molecule is CC(C)C(CN)C(=O)N(C)Cc1cscn1. The number of aromatic nitrogens is 1. The van der Waals surface area contributed by atoms with Crippen LogP contribution in [0, 0.1) is 11.8 Å². The topological polar surface area (TPSA) is 59.2 Å². The van der Waals surface area contributed by atoms with Crippen LogP contribution in [-0.4, -0.2) is 29.4 Å². The smallest absolute Gasteiger partial charge is 0.227 e. The molecule has 1 atom stereocenters. The van der Waals surface area contributed by atoms with Crippen molar-refractivity contribution in [3.63, 3.8) is 0 Å². The molecule has 0 spiro atoms. The zero-order chi connectivity index (χ0) is 12.1. The van der Waals surface area contributed by atoms with Crippen molar-refractivity contribution in [2.75, 3.05) is 13.6 Å². The lowest BCUT2D eigenvalue weighted by Gasteiger charge is -2.24. The molecule has 1 amide bonds. The summed E-state index contributed by atoms with van der Waals surface area (Å²) in [5.74, 6) is 0.282. The van der Waals surface area contributed by atoms with Gasteiger partial charge >= 0.3 is 0 Å². The Kier molecular flexibility index (Phi) is 4.89.